The van der Waals surface area contributed by atoms with E-state index in [-0.39, 0.29) is 0 Å². The van der Waals surface area contributed by atoms with Crippen molar-refractivity contribution in [3.8, 4) is 0 Å². The van der Waals surface area contributed by atoms with Gasteiger partial charge in [0.25, 0.3) is 0 Å². The molecule has 0 spiro atoms. The fourth-order valence-electron chi connectivity index (χ4n) is 1.18. The molecule has 0 fully saturated rings. The molecular weight excluding hydrogens is 198 g/mol. The molecule has 0 aromatic carbocycles. The second-order valence-corrected chi connectivity index (χ2v) is 4.82. The number of rotatable bonds is 5. The van der Waals surface area contributed by atoms with Crippen molar-refractivity contribution in [3.63, 3.8) is 0 Å². The molecule has 0 radical (unpaired) electrons. The summed E-state index contributed by atoms with van der Waals surface area (Å²) < 4.78 is 0. The first-order chi connectivity index (χ1) is 6.22. The highest BCUT2D eigenvalue weighted by molar-refractivity contribution is 7.80. The van der Waals surface area contributed by atoms with Crippen molar-refractivity contribution < 1.29 is 0 Å². The summed E-state index contributed by atoms with van der Waals surface area (Å²) in [5, 5.41) is 0. The highest BCUT2D eigenvalue weighted by Gasteiger charge is 1.98. The van der Waals surface area contributed by atoms with Gasteiger partial charge in [-0.3, -0.25) is 0 Å². The number of hydrogen-bond donors (Lipinski definition) is 1. The zero-order valence-electron chi connectivity index (χ0n) is 7.88. The van der Waals surface area contributed by atoms with Crippen LogP contribution in [0.5, 0.6) is 0 Å². The average molecular weight is 213 g/mol. The number of hydrogen-bond acceptors (Lipinski definition) is 2. The van der Waals surface area contributed by atoms with E-state index in [9.17, 15) is 0 Å². The first-order valence-corrected chi connectivity index (χ1v) is 5.80. The lowest BCUT2D eigenvalue weighted by Crippen LogP contribution is -2.07. The minimum Gasteiger partial charge on any atom is -0.393 e. The van der Waals surface area contributed by atoms with E-state index in [1.54, 1.807) is 0 Å². The smallest absolute Gasteiger partial charge is 0.0727 e. The molecule has 0 saturated carbocycles. The summed E-state index contributed by atoms with van der Waals surface area (Å²) in [6.45, 7) is 2.19. The highest BCUT2D eigenvalue weighted by Crippen LogP contribution is 2.18. The zero-order valence-corrected chi connectivity index (χ0v) is 9.51. The Morgan fingerprint density at radius 1 is 1.46 bits per heavy atom. The molecule has 0 aliphatic carbocycles. The molecule has 0 aliphatic rings. The van der Waals surface area contributed by atoms with E-state index in [0.29, 0.717) is 4.99 Å². The SMILES string of the molecule is CCc1ccc(CCCC(N)=S)s1. The third-order valence-corrected chi connectivity index (χ3v) is 3.41. The van der Waals surface area contributed by atoms with Gasteiger partial charge in [-0.25, -0.2) is 0 Å². The van der Waals surface area contributed by atoms with Crippen LogP contribution in [0.1, 0.15) is 29.5 Å². The maximum atomic E-state index is 5.42. The van der Waals surface area contributed by atoms with Gasteiger partial charge < -0.3 is 5.73 Å². The summed E-state index contributed by atoms with van der Waals surface area (Å²) in [5.41, 5.74) is 5.42. The molecule has 1 nitrogen and oxygen atoms in total. The van der Waals surface area contributed by atoms with Gasteiger partial charge in [-0.05, 0) is 37.8 Å². The molecular formula is C10H15NS2. The molecule has 1 heterocycles. The monoisotopic (exact) mass is 213 g/mol. The van der Waals surface area contributed by atoms with Crippen molar-refractivity contribution in [2.45, 2.75) is 32.6 Å². The van der Waals surface area contributed by atoms with Gasteiger partial charge in [-0.2, -0.15) is 0 Å². The van der Waals surface area contributed by atoms with Crippen LogP contribution in [0.15, 0.2) is 12.1 Å². The molecule has 2 N–H and O–H groups in total. The number of nitrogens with two attached hydrogens (primary N) is 1. The van der Waals surface area contributed by atoms with Crippen LogP contribution in [0.4, 0.5) is 0 Å². The van der Waals surface area contributed by atoms with Crippen molar-refractivity contribution in [3.05, 3.63) is 21.9 Å². The van der Waals surface area contributed by atoms with Gasteiger partial charge in [0.1, 0.15) is 0 Å². The predicted molar refractivity (Wildman–Crippen MR) is 63.4 cm³/mol. The molecule has 0 saturated heterocycles. The van der Waals surface area contributed by atoms with Gasteiger partial charge in [-0.1, -0.05) is 19.1 Å². The van der Waals surface area contributed by atoms with E-state index in [1.165, 1.54) is 9.75 Å². The molecule has 72 valence electrons. The van der Waals surface area contributed by atoms with Crippen LogP contribution < -0.4 is 5.73 Å². The maximum Gasteiger partial charge on any atom is 0.0727 e. The summed E-state index contributed by atoms with van der Waals surface area (Å²) in [4.78, 5) is 3.55. The van der Waals surface area contributed by atoms with Gasteiger partial charge >= 0.3 is 0 Å². The zero-order chi connectivity index (χ0) is 9.68. The first kappa shape index (κ1) is 10.7. The number of thiophene rings is 1. The van der Waals surface area contributed by atoms with Crippen LogP contribution in [-0.2, 0) is 12.8 Å². The molecule has 0 amide bonds. The van der Waals surface area contributed by atoms with Crippen LogP contribution in [0.2, 0.25) is 0 Å². The van der Waals surface area contributed by atoms with E-state index in [0.717, 1.165) is 25.7 Å². The summed E-state index contributed by atoms with van der Waals surface area (Å²) >= 11 is 6.72. The Morgan fingerprint density at radius 2 is 2.15 bits per heavy atom. The van der Waals surface area contributed by atoms with Gasteiger partial charge in [-0.15, -0.1) is 11.3 Å². The van der Waals surface area contributed by atoms with Crippen LogP contribution in [0, 0.1) is 0 Å². The molecule has 0 atom stereocenters. The third-order valence-electron chi connectivity index (χ3n) is 1.91. The van der Waals surface area contributed by atoms with Gasteiger partial charge in [0.2, 0.25) is 0 Å². The van der Waals surface area contributed by atoms with Crippen molar-refractivity contribution in [2.24, 2.45) is 5.73 Å². The van der Waals surface area contributed by atoms with E-state index in [2.05, 4.69) is 19.1 Å². The van der Waals surface area contributed by atoms with E-state index >= 15 is 0 Å². The topological polar surface area (TPSA) is 26.0 Å². The normalized spacial score (nSPS) is 10.2. The Labute approximate surface area is 89.0 Å². The van der Waals surface area contributed by atoms with E-state index in [4.69, 9.17) is 18.0 Å². The van der Waals surface area contributed by atoms with Crippen LogP contribution >= 0.6 is 23.6 Å². The number of thiocarbonyl (C=S) groups is 1. The molecule has 0 aliphatic heterocycles. The van der Waals surface area contributed by atoms with Crippen molar-refractivity contribution in [1.29, 1.82) is 0 Å². The Hall–Kier alpha value is -0.410. The molecule has 3 heteroatoms. The van der Waals surface area contributed by atoms with Gasteiger partial charge in [0.15, 0.2) is 0 Å². The average Bonchev–Trinajstić information content (AvgIpc) is 2.52. The van der Waals surface area contributed by atoms with Gasteiger partial charge in [0.05, 0.1) is 4.99 Å². The van der Waals surface area contributed by atoms with Crippen molar-refractivity contribution in [2.75, 3.05) is 0 Å². The summed E-state index contributed by atoms with van der Waals surface area (Å²) in [6, 6.07) is 4.42. The highest BCUT2D eigenvalue weighted by atomic mass is 32.1. The largest absolute Gasteiger partial charge is 0.393 e. The third kappa shape index (κ3) is 3.87. The molecule has 13 heavy (non-hydrogen) atoms. The minimum absolute atomic E-state index is 0.632. The van der Waals surface area contributed by atoms with Gasteiger partial charge in [0, 0.05) is 9.75 Å². The summed E-state index contributed by atoms with van der Waals surface area (Å²) in [6.07, 6.45) is 4.20. The molecule has 1 aromatic rings. The van der Waals surface area contributed by atoms with E-state index in [1.807, 2.05) is 11.3 Å². The standard InChI is InChI=1S/C10H15NS2/c1-2-8-6-7-9(13-8)4-3-5-10(11)12/h6-7H,2-5H2,1H3,(H2,11,12). The lowest BCUT2D eigenvalue weighted by atomic mass is 10.2. The van der Waals surface area contributed by atoms with E-state index < -0.39 is 0 Å². The Morgan fingerprint density at radius 3 is 2.69 bits per heavy atom. The summed E-state index contributed by atoms with van der Waals surface area (Å²) in [7, 11) is 0. The minimum atomic E-state index is 0.632. The molecule has 1 rings (SSSR count). The van der Waals surface area contributed by atoms with Crippen LogP contribution in [0.25, 0.3) is 0 Å². The summed E-state index contributed by atoms with van der Waals surface area (Å²) in [5.74, 6) is 0. The quantitative estimate of drug-likeness (QED) is 0.761. The fourth-order valence-corrected chi connectivity index (χ4v) is 2.33. The molecule has 0 unspecified atom stereocenters. The maximum absolute atomic E-state index is 5.42. The van der Waals surface area contributed by atoms with Crippen LogP contribution in [0.3, 0.4) is 0 Å². The second-order valence-electron chi connectivity index (χ2n) is 3.04. The lowest BCUT2D eigenvalue weighted by Gasteiger charge is -1.96. The lowest BCUT2D eigenvalue weighted by molar-refractivity contribution is 0.881. The van der Waals surface area contributed by atoms with Crippen molar-refractivity contribution in [1.82, 2.24) is 0 Å². The predicted octanol–water partition coefficient (Wildman–Crippen LogP) is 2.92. The Kier molecular flexibility index (Phi) is 4.39. The Bertz CT molecular complexity index is 278. The fraction of sp³-hybridized carbons (Fsp3) is 0.500. The Balaban J connectivity index is 2.32. The first-order valence-electron chi connectivity index (χ1n) is 4.58. The molecule has 1 aromatic heterocycles. The van der Waals surface area contributed by atoms with Crippen LogP contribution in [-0.4, -0.2) is 4.99 Å². The molecule has 0 bridgehead atoms. The second kappa shape index (κ2) is 5.35. The van der Waals surface area contributed by atoms with Crippen molar-refractivity contribution >= 4 is 28.5 Å². The number of aryl methyl sites for hydroxylation is 2.